The molecule has 6 heteroatoms. The largest absolute Gasteiger partial charge is 0.466 e. The van der Waals surface area contributed by atoms with Gasteiger partial charge in [0.15, 0.2) is 0 Å². The van der Waals surface area contributed by atoms with E-state index in [0.29, 0.717) is 5.71 Å². The van der Waals surface area contributed by atoms with Gasteiger partial charge in [0.25, 0.3) is 11.8 Å². The highest BCUT2D eigenvalue weighted by molar-refractivity contribution is 6.01. The van der Waals surface area contributed by atoms with E-state index in [1.807, 2.05) is 60.7 Å². The van der Waals surface area contributed by atoms with Crippen molar-refractivity contribution in [3.8, 4) is 0 Å². The minimum atomic E-state index is -0.449. The van der Waals surface area contributed by atoms with Crippen LogP contribution in [-0.2, 0) is 32.0 Å². The standard InChI is InChI=1S/C22H24N2O4/c1-3-28-22(27)14-17(2)23-24(20(25)15-18-10-6-4-7-11-18)21(26)16-19-12-8-5-9-13-19/h4-13H,3,14-16H2,1-2H3/b23-17-. The van der Waals surface area contributed by atoms with Gasteiger partial charge in [0, 0.05) is 5.71 Å². The minimum absolute atomic E-state index is 0.0392. The number of carbonyl (C=O) groups excluding carboxylic acids is 3. The summed E-state index contributed by atoms with van der Waals surface area (Å²) < 4.78 is 4.90. The SMILES string of the molecule is CCOC(=O)C/C(C)=N\N(C(=O)Cc1ccccc1)C(=O)Cc1ccccc1. The number of imide groups is 1. The molecule has 0 heterocycles. The lowest BCUT2D eigenvalue weighted by atomic mass is 10.1. The van der Waals surface area contributed by atoms with Crippen LogP contribution in [0.1, 0.15) is 31.4 Å². The van der Waals surface area contributed by atoms with Crippen molar-refractivity contribution in [1.29, 1.82) is 0 Å². The molecule has 0 atom stereocenters. The van der Waals surface area contributed by atoms with Crippen LogP contribution in [0.5, 0.6) is 0 Å². The summed E-state index contributed by atoms with van der Waals surface area (Å²) in [6, 6.07) is 18.3. The zero-order valence-corrected chi connectivity index (χ0v) is 16.1. The number of benzene rings is 2. The van der Waals surface area contributed by atoms with E-state index in [4.69, 9.17) is 4.74 Å². The molecule has 2 aromatic carbocycles. The van der Waals surface area contributed by atoms with Gasteiger partial charge in [0.2, 0.25) is 0 Å². The normalized spacial score (nSPS) is 11.0. The fourth-order valence-electron chi connectivity index (χ4n) is 2.57. The van der Waals surface area contributed by atoms with Gasteiger partial charge in [0.1, 0.15) is 0 Å². The lowest BCUT2D eigenvalue weighted by molar-refractivity contribution is -0.145. The molecule has 0 aliphatic heterocycles. The van der Waals surface area contributed by atoms with E-state index in [1.165, 1.54) is 0 Å². The van der Waals surface area contributed by atoms with Gasteiger partial charge in [-0.15, -0.1) is 0 Å². The van der Waals surface area contributed by atoms with Crippen molar-refractivity contribution in [1.82, 2.24) is 5.01 Å². The Morgan fingerprint density at radius 3 is 1.75 bits per heavy atom. The third-order valence-corrected chi connectivity index (χ3v) is 3.85. The lowest BCUT2D eigenvalue weighted by Crippen LogP contribution is -2.35. The molecule has 0 bridgehead atoms. The molecule has 2 amide bonds. The molecule has 2 aromatic rings. The summed E-state index contributed by atoms with van der Waals surface area (Å²) in [5, 5.41) is 5.01. The number of carbonyl (C=O) groups is 3. The molecular formula is C22H24N2O4. The molecule has 28 heavy (non-hydrogen) atoms. The Kier molecular flexibility index (Phi) is 8.09. The molecule has 0 aliphatic carbocycles. The smallest absolute Gasteiger partial charge is 0.311 e. The van der Waals surface area contributed by atoms with Crippen molar-refractivity contribution >= 4 is 23.5 Å². The summed E-state index contributed by atoms with van der Waals surface area (Å²) in [7, 11) is 0. The first-order chi connectivity index (χ1) is 13.5. The highest BCUT2D eigenvalue weighted by Crippen LogP contribution is 2.09. The second-order valence-corrected chi connectivity index (χ2v) is 6.24. The number of hydrogen-bond acceptors (Lipinski definition) is 5. The Balaban J connectivity index is 2.19. The zero-order chi connectivity index (χ0) is 20.4. The van der Waals surface area contributed by atoms with E-state index >= 15 is 0 Å². The Bertz CT molecular complexity index is 779. The van der Waals surface area contributed by atoms with E-state index in [2.05, 4.69) is 5.10 Å². The van der Waals surface area contributed by atoms with Gasteiger partial charge in [0.05, 0.1) is 25.9 Å². The first-order valence-electron chi connectivity index (χ1n) is 9.13. The van der Waals surface area contributed by atoms with Crippen LogP contribution in [0.25, 0.3) is 0 Å². The topological polar surface area (TPSA) is 76.0 Å². The number of esters is 1. The van der Waals surface area contributed by atoms with Gasteiger partial charge in [-0.25, -0.2) is 0 Å². The average Bonchev–Trinajstić information content (AvgIpc) is 2.67. The van der Waals surface area contributed by atoms with Crippen LogP contribution < -0.4 is 0 Å². The molecular weight excluding hydrogens is 356 g/mol. The number of hydrogen-bond donors (Lipinski definition) is 0. The van der Waals surface area contributed by atoms with E-state index in [9.17, 15) is 14.4 Å². The Morgan fingerprint density at radius 1 is 0.857 bits per heavy atom. The number of nitrogens with zero attached hydrogens (tertiary/aromatic N) is 2. The van der Waals surface area contributed by atoms with Gasteiger partial charge in [-0.2, -0.15) is 10.1 Å². The van der Waals surface area contributed by atoms with E-state index in [1.54, 1.807) is 13.8 Å². The second kappa shape index (κ2) is 10.8. The van der Waals surface area contributed by atoms with Crippen molar-refractivity contribution in [3.63, 3.8) is 0 Å². The van der Waals surface area contributed by atoms with Gasteiger partial charge in [-0.1, -0.05) is 60.7 Å². The summed E-state index contributed by atoms with van der Waals surface area (Å²) in [4.78, 5) is 37.2. The first-order valence-corrected chi connectivity index (χ1v) is 9.13. The molecule has 6 nitrogen and oxygen atoms in total. The number of amides is 2. The van der Waals surface area contributed by atoms with Crippen LogP contribution in [0.4, 0.5) is 0 Å². The van der Waals surface area contributed by atoms with Crippen molar-refractivity contribution in [2.24, 2.45) is 5.10 Å². The molecule has 0 aliphatic rings. The number of ether oxygens (including phenoxy) is 1. The van der Waals surface area contributed by atoms with E-state index in [0.717, 1.165) is 16.1 Å². The van der Waals surface area contributed by atoms with Crippen LogP contribution >= 0.6 is 0 Å². The zero-order valence-electron chi connectivity index (χ0n) is 16.1. The molecule has 0 saturated carbocycles. The fourth-order valence-corrected chi connectivity index (χ4v) is 2.57. The Morgan fingerprint density at radius 2 is 1.32 bits per heavy atom. The highest BCUT2D eigenvalue weighted by atomic mass is 16.5. The predicted molar refractivity (Wildman–Crippen MR) is 107 cm³/mol. The molecule has 0 aromatic heterocycles. The van der Waals surface area contributed by atoms with Gasteiger partial charge in [-0.3, -0.25) is 14.4 Å². The van der Waals surface area contributed by atoms with E-state index < -0.39 is 17.8 Å². The molecule has 0 spiro atoms. The maximum absolute atomic E-state index is 12.8. The quantitative estimate of drug-likeness (QED) is 0.400. The Hall–Kier alpha value is -3.28. The monoisotopic (exact) mass is 380 g/mol. The predicted octanol–water partition coefficient (Wildman–Crippen LogP) is 3.16. The fraction of sp³-hybridized carbons (Fsp3) is 0.273. The van der Waals surface area contributed by atoms with Crippen LogP contribution in [0.2, 0.25) is 0 Å². The molecule has 2 rings (SSSR count). The molecule has 0 N–H and O–H groups in total. The summed E-state index contributed by atoms with van der Waals surface area (Å²) in [6.07, 6.45) is -0.00329. The first kappa shape index (κ1) is 21.0. The molecule has 0 unspecified atom stereocenters. The van der Waals surface area contributed by atoms with Crippen molar-refractivity contribution in [3.05, 3.63) is 71.8 Å². The van der Waals surface area contributed by atoms with Crippen LogP contribution in [-0.4, -0.2) is 35.1 Å². The number of rotatable bonds is 8. The summed E-state index contributed by atoms with van der Waals surface area (Å²) >= 11 is 0. The second-order valence-electron chi connectivity index (χ2n) is 6.24. The van der Waals surface area contributed by atoms with Crippen LogP contribution in [0, 0.1) is 0 Å². The third kappa shape index (κ3) is 6.79. The van der Waals surface area contributed by atoms with Crippen LogP contribution in [0.3, 0.4) is 0 Å². The molecule has 0 saturated heterocycles. The third-order valence-electron chi connectivity index (χ3n) is 3.85. The molecule has 146 valence electrons. The summed E-state index contributed by atoms with van der Waals surface area (Å²) in [5.41, 5.74) is 1.90. The summed E-state index contributed by atoms with van der Waals surface area (Å²) in [5.74, 6) is -1.35. The maximum Gasteiger partial charge on any atom is 0.311 e. The number of hydrazone groups is 1. The van der Waals surface area contributed by atoms with Gasteiger partial charge >= 0.3 is 5.97 Å². The van der Waals surface area contributed by atoms with Gasteiger partial charge in [-0.05, 0) is 25.0 Å². The van der Waals surface area contributed by atoms with Gasteiger partial charge < -0.3 is 4.74 Å². The lowest BCUT2D eigenvalue weighted by Gasteiger charge is -2.17. The highest BCUT2D eigenvalue weighted by Gasteiger charge is 2.22. The van der Waals surface area contributed by atoms with E-state index in [-0.39, 0.29) is 25.9 Å². The maximum atomic E-state index is 12.8. The van der Waals surface area contributed by atoms with Crippen LogP contribution in [0.15, 0.2) is 65.8 Å². The minimum Gasteiger partial charge on any atom is -0.466 e. The average molecular weight is 380 g/mol. The van der Waals surface area contributed by atoms with Crippen molar-refractivity contribution < 1.29 is 19.1 Å². The molecule has 0 fully saturated rings. The van der Waals surface area contributed by atoms with Crippen molar-refractivity contribution in [2.45, 2.75) is 33.1 Å². The summed E-state index contributed by atoms with van der Waals surface area (Å²) in [6.45, 7) is 3.56. The Labute approximate surface area is 164 Å². The molecule has 0 radical (unpaired) electrons. The van der Waals surface area contributed by atoms with Crippen molar-refractivity contribution in [2.75, 3.05) is 6.61 Å².